The zero-order valence-electron chi connectivity index (χ0n) is 19.6. The Morgan fingerprint density at radius 2 is 1.76 bits per heavy atom. The third-order valence-corrected chi connectivity index (χ3v) is 5.38. The summed E-state index contributed by atoms with van der Waals surface area (Å²) in [6.07, 6.45) is -4.63. The lowest BCUT2D eigenvalue weighted by Crippen LogP contribution is -2.55. The normalized spacial score (nSPS) is 12.8. The Bertz CT molecular complexity index is 1030. The van der Waals surface area contributed by atoms with Crippen molar-refractivity contribution in [1.29, 1.82) is 0 Å². The molecule has 0 bridgehead atoms. The van der Waals surface area contributed by atoms with Gasteiger partial charge in [0.1, 0.15) is 0 Å². The zero-order chi connectivity index (χ0) is 25.7. The summed E-state index contributed by atoms with van der Waals surface area (Å²) in [5.41, 5.74) is 6.16. The third kappa shape index (κ3) is 7.74. The van der Waals surface area contributed by atoms with Gasteiger partial charge in [-0.1, -0.05) is 23.8 Å². The molecule has 0 heterocycles. The minimum Gasteiger partial charge on any atom is -0.398 e. The molecule has 2 amide bonds. The molecule has 0 fully saturated rings. The minimum atomic E-state index is -4.63. The lowest BCUT2D eigenvalue weighted by atomic mass is 9.98. The van der Waals surface area contributed by atoms with Crippen molar-refractivity contribution in [1.82, 2.24) is 16.0 Å². The number of halogens is 3. The first-order valence-corrected chi connectivity index (χ1v) is 10.7. The zero-order valence-corrected chi connectivity index (χ0v) is 19.6. The number of nitrogens with one attached hydrogen (secondary N) is 3. The Hall–Kier alpha value is -3.11. The Kier molecular flexibility index (Phi) is 8.68. The average Bonchev–Trinajstić information content (AvgIpc) is 2.71. The highest BCUT2D eigenvalue weighted by atomic mass is 19.4. The molecule has 2 aromatic carbocycles. The van der Waals surface area contributed by atoms with Gasteiger partial charge in [0, 0.05) is 18.8 Å². The van der Waals surface area contributed by atoms with Gasteiger partial charge in [0.25, 0.3) is 5.91 Å². The number of aliphatic hydroxyl groups is 1. The fraction of sp³-hybridized carbons (Fsp3) is 0.417. The second kappa shape index (κ2) is 10.9. The maximum atomic E-state index is 12.9. The molecule has 10 heteroatoms. The molecule has 0 saturated heterocycles. The summed E-state index contributed by atoms with van der Waals surface area (Å²) in [6.45, 7) is 7.36. The molecule has 2 aromatic rings. The van der Waals surface area contributed by atoms with Crippen molar-refractivity contribution < 1.29 is 27.9 Å². The van der Waals surface area contributed by atoms with E-state index in [9.17, 15) is 27.9 Å². The predicted octanol–water partition coefficient (Wildman–Crippen LogP) is 2.68. The highest BCUT2D eigenvalue weighted by Gasteiger charge is 2.32. The topological polar surface area (TPSA) is 116 Å². The van der Waals surface area contributed by atoms with E-state index in [1.807, 2.05) is 26.0 Å². The SMILES string of the molecule is Cc1ccc(CNCC(NC(=O)CNC(=O)c2cc(C(F)(F)F)ccc2N)C(C)(C)O)c(C)c1. The number of carbonyl (C=O) groups excluding carboxylic acids is 2. The van der Waals surface area contributed by atoms with E-state index in [2.05, 4.69) is 22.0 Å². The lowest BCUT2D eigenvalue weighted by Gasteiger charge is -2.30. The quantitative estimate of drug-likeness (QED) is 0.354. The Morgan fingerprint density at radius 1 is 1.09 bits per heavy atom. The number of carbonyl (C=O) groups is 2. The predicted molar refractivity (Wildman–Crippen MR) is 124 cm³/mol. The molecular weight excluding hydrogens is 449 g/mol. The van der Waals surface area contributed by atoms with E-state index in [0.29, 0.717) is 12.6 Å². The van der Waals surface area contributed by atoms with E-state index >= 15 is 0 Å². The van der Waals surface area contributed by atoms with Crippen molar-refractivity contribution in [2.75, 3.05) is 18.8 Å². The molecule has 34 heavy (non-hydrogen) atoms. The van der Waals surface area contributed by atoms with Crippen LogP contribution in [0.4, 0.5) is 18.9 Å². The number of nitrogens with two attached hydrogens (primary N) is 1. The van der Waals surface area contributed by atoms with Crippen molar-refractivity contribution in [2.45, 2.75) is 52.1 Å². The highest BCUT2D eigenvalue weighted by molar-refractivity contribution is 6.00. The molecular formula is C24H31F3N4O3. The van der Waals surface area contributed by atoms with Crippen LogP contribution in [0.2, 0.25) is 0 Å². The van der Waals surface area contributed by atoms with Gasteiger partial charge in [-0.2, -0.15) is 13.2 Å². The molecule has 2 rings (SSSR count). The average molecular weight is 481 g/mol. The number of benzene rings is 2. The van der Waals surface area contributed by atoms with Crippen LogP contribution in [-0.2, 0) is 17.5 Å². The van der Waals surface area contributed by atoms with Crippen LogP contribution in [0, 0.1) is 13.8 Å². The van der Waals surface area contributed by atoms with Gasteiger partial charge in [-0.05, 0) is 57.0 Å². The maximum absolute atomic E-state index is 12.9. The smallest absolute Gasteiger partial charge is 0.398 e. The fourth-order valence-electron chi connectivity index (χ4n) is 3.30. The minimum absolute atomic E-state index is 0.143. The number of hydrogen-bond acceptors (Lipinski definition) is 5. The van der Waals surface area contributed by atoms with E-state index in [-0.39, 0.29) is 17.8 Å². The summed E-state index contributed by atoms with van der Waals surface area (Å²) in [4.78, 5) is 24.7. The number of amides is 2. The summed E-state index contributed by atoms with van der Waals surface area (Å²) in [7, 11) is 0. The van der Waals surface area contributed by atoms with Crippen LogP contribution in [-0.4, -0.2) is 41.7 Å². The van der Waals surface area contributed by atoms with Gasteiger partial charge in [-0.3, -0.25) is 9.59 Å². The molecule has 0 aromatic heterocycles. The van der Waals surface area contributed by atoms with Crippen LogP contribution in [0.1, 0.15) is 46.5 Å². The molecule has 1 atom stereocenters. The molecule has 0 radical (unpaired) electrons. The van der Waals surface area contributed by atoms with Crippen molar-refractivity contribution >= 4 is 17.5 Å². The summed E-state index contributed by atoms with van der Waals surface area (Å²) < 4.78 is 38.7. The van der Waals surface area contributed by atoms with Crippen molar-refractivity contribution in [3.8, 4) is 0 Å². The molecule has 0 spiro atoms. The van der Waals surface area contributed by atoms with Crippen molar-refractivity contribution in [2.24, 2.45) is 0 Å². The van der Waals surface area contributed by atoms with E-state index in [4.69, 9.17) is 5.73 Å². The molecule has 0 aliphatic rings. The Balaban J connectivity index is 1.95. The number of nitrogen functional groups attached to an aromatic ring is 1. The van der Waals surface area contributed by atoms with E-state index < -0.39 is 41.7 Å². The van der Waals surface area contributed by atoms with Crippen LogP contribution < -0.4 is 21.7 Å². The summed E-state index contributed by atoms with van der Waals surface area (Å²) in [5, 5.41) is 18.6. The number of hydrogen-bond donors (Lipinski definition) is 5. The van der Waals surface area contributed by atoms with Crippen LogP contribution >= 0.6 is 0 Å². The largest absolute Gasteiger partial charge is 0.416 e. The fourth-order valence-corrected chi connectivity index (χ4v) is 3.30. The summed E-state index contributed by atoms with van der Waals surface area (Å²) in [6, 6.07) is 7.78. The van der Waals surface area contributed by atoms with Crippen molar-refractivity contribution in [3.63, 3.8) is 0 Å². The molecule has 186 valence electrons. The van der Waals surface area contributed by atoms with E-state index in [0.717, 1.165) is 28.8 Å². The number of anilines is 1. The highest BCUT2D eigenvalue weighted by Crippen LogP contribution is 2.31. The first-order chi connectivity index (χ1) is 15.7. The molecule has 0 aliphatic carbocycles. The second-order valence-electron chi connectivity index (χ2n) is 8.82. The van der Waals surface area contributed by atoms with E-state index in [1.165, 1.54) is 0 Å². The molecule has 0 aliphatic heterocycles. The van der Waals surface area contributed by atoms with Gasteiger partial charge in [0.15, 0.2) is 0 Å². The van der Waals surface area contributed by atoms with Gasteiger partial charge in [-0.25, -0.2) is 0 Å². The number of alkyl halides is 3. The second-order valence-corrected chi connectivity index (χ2v) is 8.82. The van der Waals surface area contributed by atoms with Crippen molar-refractivity contribution in [3.05, 3.63) is 64.2 Å². The third-order valence-electron chi connectivity index (χ3n) is 5.38. The van der Waals surface area contributed by atoms with Gasteiger partial charge >= 0.3 is 6.18 Å². The standard InChI is InChI=1S/C24H31F3N4O3/c1-14-5-6-16(15(2)9-14)11-29-12-20(23(3,4)34)31-21(32)13-30-22(33)18-10-17(24(25,26)27)7-8-19(18)28/h5-10,20,29,34H,11-13,28H2,1-4H3,(H,30,33)(H,31,32). The van der Waals surface area contributed by atoms with Gasteiger partial charge in [0.2, 0.25) is 5.91 Å². The summed E-state index contributed by atoms with van der Waals surface area (Å²) in [5.74, 6) is -1.52. The van der Waals surface area contributed by atoms with Crippen LogP contribution in [0.5, 0.6) is 0 Å². The maximum Gasteiger partial charge on any atom is 0.416 e. The molecule has 0 saturated carbocycles. The van der Waals surface area contributed by atoms with E-state index in [1.54, 1.807) is 13.8 Å². The first-order valence-electron chi connectivity index (χ1n) is 10.7. The monoisotopic (exact) mass is 480 g/mol. The van der Waals surface area contributed by atoms with Crippen LogP contribution in [0.3, 0.4) is 0 Å². The van der Waals surface area contributed by atoms with Gasteiger partial charge < -0.3 is 26.8 Å². The van der Waals surface area contributed by atoms with Gasteiger partial charge in [0.05, 0.1) is 29.3 Å². The number of aryl methyl sites for hydroxylation is 2. The molecule has 6 N–H and O–H groups in total. The molecule has 1 unspecified atom stereocenters. The lowest BCUT2D eigenvalue weighted by molar-refractivity contribution is -0.137. The summed E-state index contributed by atoms with van der Waals surface area (Å²) >= 11 is 0. The van der Waals surface area contributed by atoms with Crippen LogP contribution in [0.25, 0.3) is 0 Å². The Labute approximate surface area is 196 Å². The Morgan fingerprint density at radius 3 is 2.35 bits per heavy atom. The van der Waals surface area contributed by atoms with Crippen LogP contribution in [0.15, 0.2) is 36.4 Å². The number of rotatable bonds is 9. The molecule has 7 nitrogen and oxygen atoms in total. The first kappa shape index (κ1) is 27.1. The van der Waals surface area contributed by atoms with Gasteiger partial charge in [-0.15, -0.1) is 0 Å².